The molecule has 1 aromatic carbocycles. The normalized spacial score (nSPS) is 18.4. The number of hydrogen-bond acceptors (Lipinski definition) is 8. The van der Waals surface area contributed by atoms with Crippen LogP contribution in [-0.2, 0) is 34.5 Å². The summed E-state index contributed by atoms with van der Waals surface area (Å²) < 4.78 is 26.2. The summed E-state index contributed by atoms with van der Waals surface area (Å²) in [7, 11) is -1.74. The molecule has 0 bridgehead atoms. The molecule has 1 aliphatic heterocycles. The van der Waals surface area contributed by atoms with Crippen LogP contribution >= 0.6 is 0 Å². The van der Waals surface area contributed by atoms with Gasteiger partial charge in [-0.3, -0.25) is 19.1 Å². The van der Waals surface area contributed by atoms with Gasteiger partial charge in [0.2, 0.25) is 5.91 Å². The third-order valence-electron chi connectivity index (χ3n) is 7.25. The average Bonchev–Trinajstić information content (AvgIpc) is 3.78. The first-order chi connectivity index (χ1) is 17.1. The quantitative estimate of drug-likeness (QED) is 0.320. The SMILES string of the molecule is Cn1nc(C(=O)N(N)C(=O)Cc2ccc(C#N)cc2)c2c1C(=O)N(CC1(S(=O)(=O)C3CC3)CC1)CC2. The van der Waals surface area contributed by atoms with Gasteiger partial charge in [-0.05, 0) is 49.8 Å². The molecule has 2 heterocycles. The highest BCUT2D eigenvalue weighted by atomic mass is 32.2. The maximum Gasteiger partial charge on any atom is 0.295 e. The Morgan fingerprint density at radius 3 is 2.50 bits per heavy atom. The van der Waals surface area contributed by atoms with E-state index in [9.17, 15) is 22.8 Å². The molecule has 0 atom stereocenters. The van der Waals surface area contributed by atoms with Crippen LogP contribution in [0.2, 0.25) is 0 Å². The molecule has 0 radical (unpaired) electrons. The number of nitriles is 1. The highest BCUT2D eigenvalue weighted by molar-refractivity contribution is 7.94. The Labute approximate surface area is 208 Å². The van der Waals surface area contributed by atoms with Crippen molar-refractivity contribution in [3.05, 3.63) is 52.3 Å². The Morgan fingerprint density at radius 2 is 1.92 bits per heavy atom. The molecule has 188 valence electrons. The van der Waals surface area contributed by atoms with Crippen LogP contribution in [0.3, 0.4) is 0 Å². The second-order valence-electron chi connectivity index (χ2n) is 9.76. The number of hydrogen-bond donors (Lipinski definition) is 1. The van der Waals surface area contributed by atoms with Crippen LogP contribution in [0, 0.1) is 11.3 Å². The van der Waals surface area contributed by atoms with Gasteiger partial charge in [-0.1, -0.05) is 12.1 Å². The van der Waals surface area contributed by atoms with E-state index in [0.29, 0.717) is 53.8 Å². The van der Waals surface area contributed by atoms with E-state index in [2.05, 4.69) is 5.10 Å². The molecule has 2 N–H and O–H groups in total. The molecule has 11 nitrogen and oxygen atoms in total. The average molecular weight is 511 g/mol. The lowest BCUT2D eigenvalue weighted by Crippen LogP contribution is -2.47. The number of hydrazine groups is 1. The highest BCUT2D eigenvalue weighted by Crippen LogP contribution is 2.50. The van der Waals surface area contributed by atoms with E-state index in [1.807, 2.05) is 6.07 Å². The summed E-state index contributed by atoms with van der Waals surface area (Å²) in [5, 5.41) is 13.3. The van der Waals surface area contributed by atoms with Crippen molar-refractivity contribution in [2.24, 2.45) is 12.9 Å². The number of nitrogens with two attached hydrogens (primary N) is 1. The third-order valence-corrected chi connectivity index (χ3v) is 10.3. The number of fused-ring (bicyclic) bond motifs is 1. The molecule has 2 aliphatic carbocycles. The van der Waals surface area contributed by atoms with E-state index in [4.69, 9.17) is 11.1 Å². The Balaban J connectivity index is 1.32. The van der Waals surface area contributed by atoms with E-state index in [0.717, 1.165) is 0 Å². The molecule has 2 fully saturated rings. The molecular formula is C24H26N6O5S. The van der Waals surface area contributed by atoms with E-state index < -0.39 is 26.4 Å². The van der Waals surface area contributed by atoms with Crippen molar-refractivity contribution in [2.45, 2.75) is 48.5 Å². The molecule has 3 amide bonds. The van der Waals surface area contributed by atoms with Crippen LogP contribution < -0.4 is 5.84 Å². The second kappa shape index (κ2) is 8.53. The molecule has 3 aliphatic rings. The molecule has 36 heavy (non-hydrogen) atoms. The first-order valence-electron chi connectivity index (χ1n) is 11.8. The summed E-state index contributed by atoms with van der Waals surface area (Å²) in [6.45, 7) is 0.397. The van der Waals surface area contributed by atoms with Crippen molar-refractivity contribution >= 4 is 27.6 Å². The highest BCUT2D eigenvalue weighted by Gasteiger charge is 2.60. The van der Waals surface area contributed by atoms with Gasteiger partial charge < -0.3 is 4.90 Å². The minimum Gasteiger partial charge on any atom is -0.335 e. The maximum atomic E-state index is 13.3. The monoisotopic (exact) mass is 510 g/mol. The van der Waals surface area contributed by atoms with Gasteiger partial charge in [0.05, 0.1) is 28.1 Å². The predicted octanol–water partition coefficient (Wildman–Crippen LogP) is 0.485. The summed E-state index contributed by atoms with van der Waals surface area (Å²) in [6.07, 6.45) is 2.65. The number of sulfone groups is 1. The van der Waals surface area contributed by atoms with Gasteiger partial charge in [0.15, 0.2) is 15.5 Å². The lowest BCUT2D eigenvalue weighted by Gasteiger charge is -2.31. The summed E-state index contributed by atoms with van der Waals surface area (Å²) in [5.74, 6) is 3.99. The van der Waals surface area contributed by atoms with Crippen LogP contribution in [-0.4, -0.2) is 68.9 Å². The number of imide groups is 1. The molecule has 2 saturated carbocycles. The fraction of sp³-hybridized carbons (Fsp3) is 0.458. The van der Waals surface area contributed by atoms with E-state index >= 15 is 0 Å². The number of carbonyl (C=O) groups excluding carboxylic acids is 3. The van der Waals surface area contributed by atoms with Crippen LogP contribution in [0.4, 0.5) is 0 Å². The van der Waals surface area contributed by atoms with Crippen molar-refractivity contribution in [1.82, 2.24) is 19.7 Å². The molecule has 1 aromatic heterocycles. The van der Waals surface area contributed by atoms with Crippen molar-refractivity contribution in [3.63, 3.8) is 0 Å². The zero-order chi connectivity index (χ0) is 25.8. The molecular weight excluding hydrogens is 484 g/mol. The van der Waals surface area contributed by atoms with Crippen molar-refractivity contribution in [1.29, 1.82) is 5.26 Å². The van der Waals surface area contributed by atoms with Crippen LogP contribution in [0.15, 0.2) is 24.3 Å². The number of aromatic nitrogens is 2. The van der Waals surface area contributed by atoms with Crippen LogP contribution in [0.25, 0.3) is 0 Å². The Bertz CT molecular complexity index is 1410. The third kappa shape index (κ3) is 3.98. The lowest BCUT2D eigenvalue weighted by molar-refractivity contribution is -0.128. The van der Waals surface area contributed by atoms with Gasteiger partial charge in [-0.2, -0.15) is 10.4 Å². The Kier molecular flexibility index (Phi) is 5.72. The molecule has 0 saturated heterocycles. The Hall–Kier alpha value is -3.56. The largest absolute Gasteiger partial charge is 0.335 e. The summed E-state index contributed by atoms with van der Waals surface area (Å²) >= 11 is 0. The van der Waals surface area contributed by atoms with Gasteiger partial charge in [-0.15, -0.1) is 0 Å². The van der Waals surface area contributed by atoms with Crippen LogP contribution in [0.5, 0.6) is 0 Å². The van der Waals surface area contributed by atoms with Gasteiger partial charge in [0.25, 0.3) is 11.8 Å². The maximum absolute atomic E-state index is 13.3. The molecule has 12 heteroatoms. The van der Waals surface area contributed by atoms with Gasteiger partial charge in [0, 0.05) is 25.7 Å². The number of amides is 3. The molecule has 5 rings (SSSR count). The number of rotatable bonds is 7. The van der Waals surface area contributed by atoms with Gasteiger partial charge >= 0.3 is 0 Å². The van der Waals surface area contributed by atoms with Gasteiger partial charge in [0.1, 0.15) is 5.69 Å². The first-order valence-corrected chi connectivity index (χ1v) is 13.3. The van der Waals surface area contributed by atoms with Crippen molar-refractivity contribution in [3.8, 4) is 6.07 Å². The minimum atomic E-state index is -3.27. The fourth-order valence-electron chi connectivity index (χ4n) is 4.83. The molecule has 0 unspecified atom stereocenters. The van der Waals surface area contributed by atoms with E-state index in [1.54, 1.807) is 29.2 Å². The second-order valence-corrected chi connectivity index (χ2v) is 12.4. The molecule has 2 aromatic rings. The van der Waals surface area contributed by atoms with E-state index in [1.165, 1.54) is 11.7 Å². The van der Waals surface area contributed by atoms with Crippen molar-refractivity contribution < 1.29 is 22.8 Å². The number of aryl methyl sites for hydroxylation is 1. The smallest absolute Gasteiger partial charge is 0.295 e. The van der Waals surface area contributed by atoms with Crippen LogP contribution in [0.1, 0.15) is 63.4 Å². The number of carbonyl (C=O) groups is 3. The lowest BCUT2D eigenvalue weighted by atomic mass is 10.0. The summed E-state index contributed by atoms with van der Waals surface area (Å²) in [6, 6.07) is 8.35. The Morgan fingerprint density at radius 1 is 1.25 bits per heavy atom. The minimum absolute atomic E-state index is 0.0667. The standard InChI is InChI=1S/C24H26N6O5S/c1-28-21-18(8-11-29(23(21)33)14-24(9-10-24)36(34,35)17-6-7-17)20(27-28)22(32)30(26)19(31)12-15-2-4-16(13-25)5-3-15/h2-5,17H,6-12,14,26H2,1H3. The topological polar surface area (TPSA) is 159 Å². The fourth-order valence-corrected chi connectivity index (χ4v) is 7.30. The zero-order valence-corrected chi connectivity index (χ0v) is 20.6. The zero-order valence-electron chi connectivity index (χ0n) is 19.8. The van der Waals surface area contributed by atoms with Gasteiger partial charge in [-0.25, -0.2) is 19.3 Å². The predicted molar refractivity (Wildman–Crippen MR) is 127 cm³/mol. The first kappa shape index (κ1) is 24.1. The number of benzene rings is 1. The summed E-state index contributed by atoms with van der Waals surface area (Å²) in [4.78, 5) is 40.6. The molecule has 0 spiro atoms. The van der Waals surface area contributed by atoms with E-state index in [-0.39, 0.29) is 42.1 Å². The van der Waals surface area contributed by atoms with Crippen molar-refractivity contribution in [2.75, 3.05) is 13.1 Å². The number of nitrogens with zero attached hydrogens (tertiary/aromatic N) is 5. The summed E-state index contributed by atoms with van der Waals surface area (Å²) in [5.41, 5.74) is 1.58.